The molecule has 0 saturated carbocycles. The fraction of sp³-hybridized carbons (Fsp3) is 0.286. The number of hydrogen-bond acceptors (Lipinski definition) is 1. The molecule has 1 nitrogen and oxygen atoms in total. The van der Waals surface area contributed by atoms with Gasteiger partial charge in [-0.15, -0.1) is 0 Å². The van der Waals surface area contributed by atoms with Gasteiger partial charge < -0.3 is 5.41 Å². The van der Waals surface area contributed by atoms with Gasteiger partial charge in [0.2, 0.25) is 0 Å². The minimum atomic E-state index is 0.287. The topological polar surface area (TPSA) is 23.9 Å². The van der Waals surface area contributed by atoms with Gasteiger partial charge in [-0.2, -0.15) is 0 Å². The number of hydrogen-bond donors (Lipinski definition) is 1. The van der Waals surface area contributed by atoms with Crippen molar-refractivity contribution in [3.63, 3.8) is 0 Å². The van der Waals surface area contributed by atoms with E-state index in [4.69, 9.17) is 5.41 Å². The second kappa shape index (κ2) is 1.95. The Bertz CT molecular complexity index is 142. The Hall–Kier alpha value is -0.850. The molecule has 0 aromatic heterocycles. The Labute approximate surface area is 49.2 Å². The van der Waals surface area contributed by atoms with Crippen molar-refractivity contribution in [1.82, 2.24) is 0 Å². The van der Waals surface area contributed by atoms with Crippen molar-refractivity contribution in [2.24, 2.45) is 5.92 Å². The van der Waals surface area contributed by atoms with Crippen LogP contribution in [0.3, 0.4) is 0 Å². The van der Waals surface area contributed by atoms with Crippen molar-refractivity contribution in [2.75, 3.05) is 0 Å². The molecule has 42 valence electrons. The lowest BCUT2D eigenvalue weighted by Gasteiger charge is -1.97. The summed E-state index contributed by atoms with van der Waals surface area (Å²) >= 11 is 0. The standard InChI is InChI=1S/C7H9N/c1-6(8)7-4-2-3-5-7/h2-5,7-8H,1H3. The monoisotopic (exact) mass is 107 g/mol. The Morgan fingerprint density at radius 3 is 2.12 bits per heavy atom. The van der Waals surface area contributed by atoms with Crippen LogP contribution < -0.4 is 0 Å². The summed E-state index contributed by atoms with van der Waals surface area (Å²) in [6.45, 7) is 1.82. The molecule has 1 N–H and O–H groups in total. The first-order chi connectivity index (χ1) is 3.80. The van der Waals surface area contributed by atoms with E-state index in [1.807, 2.05) is 31.2 Å². The summed E-state index contributed by atoms with van der Waals surface area (Å²) < 4.78 is 0. The number of allylic oxidation sites excluding steroid dienone is 4. The average Bonchev–Trinajstić information content (AvgIpc) is 2.12. The van der Waals surface area contributed by atoms with Crippen LogP contribution in [0.15, 0.2) is 24.3 Å². The van der Waals surface area contributed by atoms with Crippen molar-refractivity contribution in [3.8, 4) is 0 Å². The summed E-state index contributed by atoms with van der Waals surface area (Å²) in [5.74, 6) is 0.287. The fourth-order valence-corrected chi connectivity index (χ4v) is 0.721. The van der Waals surface area contributed by atoms with Gasteiger partial charge >= 0.3 is 0 Å². The van der Waals surface area contributed by atoms with Gasteiger partial charge in [0.1, 0.15) is 0 Å². The van der Waals surface area contributed by atoms with Gasteiger partial charge in [-0.1, -0.05) is 24.3 Å². The highest BCUT2D eigenvalue weighted by Crippen LogP contribution is 2.08. The predicted octanol–water partition coefficient (Wildman–Crippen LogP) is 1.77. The Kier molecular flexibility index (Phi) is 1.29. The molecule has 0 aliphatic heterocycles. The van der Waals surface area contributed by atoms with Crippen LogP contribution in [0.1, 0.15) is 6.92 Å². The molecule has 0 aromatic rings. The molecule has 1 aliphatic carbocycles. The second-order valence-corrected chi connectivity index (χ2v) is 1.98. The summed E-state index contributed by atoms with van der Waals surface area (Å²) in [5.41, 5.74) is 0.718. The summed E-state index contributed by atoms with van der Waals surface area (Å²) in [6.07, 6.45) is 7.98. The maximum atomic E-state index is 7.19. The molecule has 0 fully saturated rings. The molecule has 8 heavy (non-hydrogen) atoms. The predicted molar refractivity (Wildman–Crippen MR) is 35.2 cm³/mol. The molecular formula is C7H9N. The highest BCUT2D eigenvalue weighted by atomic mass is 14.4. The summed E-state index contributed by atoms with van der Waals surface area (Å²) in [7, 11) is 0. The van der Waals surface area contributed by atoms with Crippen molar-refractivity contribution in [3.05, 3.63) is 24.3 Å². The zero-order valence-electron chi connectivity index (χ0n) is 4.89. The average molecular weight is 107 g/mol. The van der Waals surface area contributed by atoms with E-state index < -0.39 is 0 Å². The first kappa shape index (κ1) is 5.29. The van der Waals surface area contributed by atoms with Crippen LogP contribution in [0.5, 0.6) is 0 Å². The summed E-state index contributed by atoms with van der Waals surface area (Å²) in [4.78, 5) is 0. The maximum absolute atomic E-state index is 7.19. The Morgan fingerprint density at radius 1 is 1.38 bits per heavy atom. The van der Waals surface area contributed by atoms with Gasteiger partial charge in [-0.3, -0.25) is 0 Å². The third kappa shape index (κ3) is 0.861. The summed E-state index contributed by atoms with van der Waals surface area (Å²) in [5, 5.41) is 7.19. The van der Waals surface area contributed by atoms with Crippen molar-refractivity contribution >= 4 is 5.71 Å². The zero-order chi connectivity index (χ0) is 5.98. The number of rotatable bonds is 1. The highest BCUT2D eigenvalue weighted by molar-refractivity contribution is 5.85. The molecule has 0 bridgehead atoms. The van der Waals surface area contributed by atoms with E-state index in [0.717, 1.165) is 5.71 Å². The molecule has 1 heteroatoms. The molecule has 0 atom stereocenters. The van der Waals surface area contributed by atoms with Gasteiger partial charge in [0, 0.05) is 11.6 Å². The van der Waals surface area contributed by atoms with Gasteiger partial charge in [-0.05, 0) is 6.92 Å². The molecule has 0 aromatic carbocycles. The molecule has 0 amide bonds. The van der Waals surface area contributed by atoms with Crippen LogP contribution in [0.2, 0.25) is 0 Å². The largest absolute Gasteiger partial charge is 0.309 e. The SMILES string of the molecule is CC(=N)C1C=CC=C1. The molecule has 1 aliphatic rings. The van der Waals surface area contributed by atoms with Crippen LogP contribution in [0, 0.1) is 11.3 Å². The second-order valence-electron chi connectivity index (χ2n) is 1.98. The highest BCUT2D eigenvalue weighted by Gasteiger charge is 2.03. The fourth-order valence-electron chi connectivity index (χ4n) is 0.721. The maximum Gasteiger partial charge on any atom is 0.0329 e. The zero-order valence-corrected chi connectivity index (χ0v) is 4.89. The lowest BCUT2D eigenvalue weighted by atomic mass is 10.1. The Balaban J connectivity index is 2.62. The van der Waals surface area contributed by atoms with Crippen molar-refractivity contribution in [1.29, 1.82) is 5.41 Å². The lowest BCUT2D eigenvalue weighted by Crippen LogP contribution is -1.99. The van der Waals surface area contributed by atoms with Crippen LogP contribution in [0.4, 0.5) is 0 Å². The molecular weight excluding hydrogens is 98.1 g/mol. The Morgan fingerprint density at radius 2 is 1.88 bits per heavy atom. The smallest absolute Gasteiger partial charge is 0.0329 e. The van der Waals surface area contributed by atoms with Crippen molar-refractivity contribution < 1.29 is 0 Å². The molecule has 0 unspecified atom stereocenters. The molecule has 0 heterocycles. The molecule has 0 spiro atoms. The van der Waals surface area contributed by atoms with E-state index >= 15 is 0 Å². The van der Waals surface area contributed by atoms with Gasteiger partial charge in [0.25, 0.3) is 0 Å². The van der Waals surface area contributed by atoms with E-state index in [9.17, 15) is 0 Å². The van der Waals surface area contributed by atoms with Crippen LogP contribution in [-0.2, 0) is 0 Å². The molecule has 0 saturated heterocycles. The van der Waals surface area contributed by atoms with E-state index in [2.05, 4.69) is 0 Å². The van der Waals surface area contributed by atoms with Crippen LogP contribution >= 0.6 is 0 Å². The third-order valence-electron chi connectivity index (χ3n) is 1.25. The van der Waals surface area contributed by atoms with Crippen LogP contribution in [0.25, 0.3) is 0 Å². The van der Waals surface area contributed by atoms with Crippen molar-refractivity contribution in [2.45, 2.75) is 6.92 Å². The summed E-state index contributed by atoms with van der Waals surface area (Å²) in [6, 6.07) is 0. The minimum absolute atomic E-state index is 0.287. The van der Waals surface area contributed by atoms with E-state index in [0.29, 0.717) is 0 Å². The third-order valence-corrected chi connectivity index (χ3v) is 1.25. The quantitative estimate of drug-likeness (QED) is 0.494. The first-order valence-corrected chi connectivity index (χ1v) is 2.71. The first-order valence-electron chi connectivity index (χ1n) is 2.71. The van der Waals surface area contributed by atoms with E-state index in [-0.39, 0.29) is 5.92 Å². The number of nitrogens with one attached hydrogen (secondary N) is 1. The van der Waals surface area contributed by atoms with Gasteiger partial charge in [-0.25, -0.2) is 0 Å². The van der Waals surface area contributed by atoms with Crippen LogP contribution in [-0.4, -0.2) is 5.71 Å². The van der Waals surface area contributed by atoms with Gasteiger partial charge in [0.15, 0.2) is 0 Å². The van der Waals surface area contributed by atoms with E-state index in [1.54, 1.807) is 0 Å². The molecule has 1 rings (SSSR count). The lowest BCUT2D eigenvalue weighted by molar-refractivity contribution is 1.12. The van der Waals surface area contributed by atoms with Gasteiger partial charge in [0.05, 0.1) is 0 Å². The minimum Gasteiger partial charge on any atom is -0.309 e. The normalized spacial score (nSPS) is 17.6. The molecule has 0 radical (unpaired) electrons. The van der Waals surface area contributed by atoms with E-state index in [1.165, 1.54) is 0 Å².